The number of carbonyl (C=O) groups is 1. The molecule has 0 atom stereocenters. The van der Waals surface area contributed by atoms with E-state index in [1.165, 1.54) is 11.8 Å². The van der Waals surface area contributed by atoms with E-state index in [4.69, 9.17) is 21.7 Å². The Morgan fingerprint density at radius 2 is 1.90 bits per heavy atom. The lowest BCUT2D eigenvalue weighted by molar-refractivity contribution is -0.121. The van der Waals surface area contributed by atoms with Crippen molar-refractivity contribution in [1.29, 1.82) is 0 Å². The van der Waals surface area contributed by atoms with Crippen molar-refractivity contribution in [2.24, 2.45) is 0 Å². The number of nitrogens with zero attached hydrogens (tertiary/aromatic N) is 1. The number of likely N-dealkylation sites (N-methyl/N-ethyl adjacent to an activating group) is 1. The number of thioether (sulfide) groups is 1. The summed E-state index contributed by atoms with van der Waals surface area (Å²) in [4.78, 5) is 14.5. The van der Waals surface area contributed by atoms with Crippen molar-refractivity contribution in [3.63, 3.8) is 0 Å². The van der Waals surface area contributed by atoms with Crippen LogP contribution in [0.25, 0.3) is 6.08 Å². The minimum absolute atomic E-state index is 0.0401. The molecule has 1 fully saturated rings. The van der Waals surface area contributed by atoms with E-state index in [0.717, 1.165) is 11.1 Å². The van der Waals surface area contributed by atoms with E-state index < -0.39 is 0 Å². The summed E-state index contributed by atoms with van der Waals surface area (Å²) in [6.07, 6.45) is 1.85. The second kappa shape index (κ2) is 6.49. The lowest BCUT2D eigenvalue weighted by Crippen LogP contribution is -2.27. The van der Waals surface area contributed by atoms with Crippen LogP contribution in [0.15, 0.2) is 17.0 Å². The summed E-state index contributed by atoms with van der Waals surface area (Å²) in [6.45, 7) is 4.47. The molecule has 1 aliphatic heterocycles. The van der Waals surface area contributed by atoms with Gasteiger partial charge in [0, 0.05) is 6.54 Å². The number of amides is 1. The van der Waals surface area contributed by atoms with Crippen LogP contribution in [0.2, 0.25) is 0 Å². The standard InChI is InChI=1S/C15H17NO3S2/c1-5-16-14(17)13(21-15(16)20)8-10-7-12(19-4)11(18-3)6-9(10)2/h6-8H,5H2,1-4H3/b13-8-. The quantitative estimate of drug-likeness (QED) is 0.628. The van der Waals surface area contributed by atoms with Crippen molar-refractivity contribution in [2.75, 3.05) is 20.8 Å². The SMILES string of the molecule is CCN1C(=O)/C(=C/c2cc(OC)c(OC)cc2C)SC1=S. The zero-order valence-corrected chi connectivity index (χ0v) is 14.1. The molecule has 0 spiro atoms. The number of ether oxygens (including phenoxy) is 2. The minimum Gasteiger partial charge on any atom is -0.493 e. The fourth-order valence-corrected chi connectivity index (χ4v) is 3.44. The van der Waals surface area contributed by atoms with E-state index in [-0.39, 0.29) is 5.91 Å². The third kappa shape index (κ3) is 3.06. The van der Waals surface area contributed by atoms with Gasteiger partial charge in [-0.2, -0.15) is 0 Å². The van der Waals surface area contributed by atoms with Gasteiger partial charge >= 0.3 is 0 Å². The largest absolute Gasteiger partial charge is 0.493 e. The van der Waals surface area contributed by atoms with Crippen LogP contribution in [-0.2, 0) is 4.79 Å². The summed E-state index contributed by atoms with van der Waals surface area (Å²) < 4.78 is 11.2. The van der Waals surface area contributed by atoms with Crippen LogP contribution in [0.1, 0.15) is 18.1 Å². The third-order valence-electron chi connectivity index (χ3n) is 3.25. The molecule has 21 heavy (non-hydrogen) atoms. The van der Waals surface area contributed by atoms with Gasteiger partial charge in [0.05, 0.1) is 19.1 Å². The molecule has 1 aromatic carbocycles. The second-order valence-corrected chi connectivity index (χ2v) is 6.17. The molecule has 0 N–H and O–H groups in total. The van der Waals surface area contributed by atoms with Gasteiger partial charge in [-0.3, -0.25) is 9.69 Å². The summed E-state index contributed by atoms with van der Waals surface area (Å²) >= 11 is 6.54. The van der Waals surface area contributed by atoms with Crippen molar-refractivity contribution in [3.05, 3.63) is 28.2 Å². The van der Waals surface area contributed by atoms with Crippen LogP contribution < -0.4 is 9.47 Å². The highest BCUT2D eigenvalue weighted by Gasteiger charge is 2.30. The van der Waals surface area contributed by atoms with Crippen LogP contribution in [0.5, 0.6) is 11.5 Å². The lowest BCUT2D eigenvalue weighted by atomic mass is 10.1. The molecular weight excluding hydrogens is 306 g/mol. The molecule has 112 valence electrons. The maximum Gasteiger partial charge on any atom is 0.266 e. The molecule has 2 rings (SSSR count). The topological polar surface area (TPSA) is 38.8 Å². The van der Waals surface area contributed by atoms with Gasteiger partial charge in [-0.15, -0.1) is 0 Å². The van der Waals surface area contributed by atoms with E-state index in [1.54, 1.807) is 19.1 Å². The molecule has 0 saturated carbocycles. The third-order valence-corrected chi connectivity index (χ3v) is 4.63. The Morgan fingerprint density at radius 3 is 2.43 bits per heavy atom. The summed E-state index contributed by atoms with van der Waals surface area (Å²) in [5, 5.41) is 0. The van der Waals surface area contributed by atoms with E-state index in [0.29, 0.717) is 27.3 Å². The Labute approximate surface area is 134 Å². The molecule has 0 aliphatic carbocycles. The number of benzene rings is 1. The summed E-state index contributed by atoms with van der Waals surface area (Å²) in [5.41, 5.74) is 1.93. The first kappa shape index (κ1) is 15.9. The molecule has 1 amide bonds. The summed E-state index contributed by atoms with van der Waals surface area (Å²) in [5.74, 6) is 1.27. The fourth-order valence-electron chi connectivity index (χ4n) is 2.07. The number of hydrogen-bond acceptors (Lipinski definition) is 5. The van der Waals surface area contributed by atoms with Crippen LogP contribution in [0, 0.1) is 6.92 Å². The van der Waals surface area contributed by atoms with Crippen molar-refractivity contribution in [1.82, 2.24) is 4.90 Å². The Bertz CT molecular complexity index is 626. The molecule has 1 saturated heterocycles. The highest BCUT2D eigenvalue weighted by molar-refractivity contribution is 8.26. The van der Waals surface area contributed by atoms with E-state index in [2.05, 4.69) is 0 Å². The fraction of sp³-hybridized carbons (Fsp3) is 0.333. The Kier molecular flexibility index (Phi) is 4.90. The molecule has 1 aromatic rings. The number of hydrogen-bond donors (Lipinski definition) is 0. The van der Waals surface area contributed by atoms with E-state index in [9.17, 15) is 4.79 Å². The highest BCUT2D eigenvalue weighted by Crippen LogP contribution is 2.35. The Hall–Kier alpha value is -1.53. The number of thiocarbonyl (C=S) groups is 1. The molecule has 1 aliphatic rings. The van der Waals surface area contributed by atoms with Gasteiger partial charge in [0.25, 0.3) is 5.91 Å². The zero-order valence-electron chi connectivity index (χ0n) is 12.4. The molecule has 6 heteroatoms. The van der Waals surface area contributed by atoms with E-state index >= 15 is 0 Å². The van der Waals surface area contributed by atoms with Crippen LogP contribution in [-0.4, -0.2) is 35.9 Å². The maximum atomic E-state index is 12.2. The van der Waals surface area contributed by atoms with Crippen molar-refractivity contribution in [3.8, 4) is 11.5 Å². The van der Waals surface area contributed by atoms with Crippen molar-refractivity contribution in [2.45, 2.75) is 13.8 Å². The molecule has 0 aromatic heterocycles. The average Bonchev–Trinajstić information content (AvgIpc) is 2.74. The van der Waals surface area contributed by atoms with Gasteiger partial charge in [-0.05, 0) is 43.2 Å². The predicted octanol–water partition coefficient (Wildman–Crippen LogP) is 3.23. The highest BCUT2D eigenvalue weighted by atomic mass is 32.2. The summed E-state index contributed by atoms with van der Waals surface area (Å²) in [7, 11) is 3.19. The molecule has 4 nitrogen and oxygen atoms in total. The van der Waals surface area contributed by atoms with Crippen LogP contribution >= 0.6 is 24.0 Å². The maximum absolute atomic E-state index is 12.2. The lowest BCUT2D eigenvalue weighted by Gasteiger charge is -2.11. The smallest absolute Gasteiger partial charge is 0.266 e. The first-order valence-corrected chi connectivity index (χ1v) is 7.72. The first-order chi connectivity index (χ1) is 10.0. The van der Waals surface area contributed by atoms with Gasteiger partial charge in [-0.1, -0.05) is 24.0 Å². The van der Waals surface area contributed by atoms with E-state index in [1.807, 2.05) is 32.1 Å². The zero-order chi connectivity index (χ0) is 15.6. The van der Waals surface area contributed by atoms with Gasteiger partial charge in [0.15, 0.2) is 11.5 Å². The Morgan fingerprint density at radius 1 is 1.29 bits per heavy atom. The molecule has 0 unspecified atom stereocenters. The average molecular weight is 323 g/mol. The van der Waals surface area contributed by atoms with Gasteiger partial charge in [0.1, 0.15) is 4.32 Å². The second-order valence-electron chi connectivity index (χ2n) is 4.49. The van der Waals surface area contributed by atoms with Gasteiger partial charge in [-0.25, -0.2) is 0 Å². The number of rotatable bonds is 4. The molecule has 1 heterocycles. The van der Waals surface area contributed by atoms with Crippen molar-refractivity contribution >= 4 is 40.3 Å². The minimum atomic E-state index is -0.0401. The van der Waals surface area contributed by atoms with Gasteiger partial charge < -0.3 is 9.47 Å². The number of carbonyl (C=O) groups excluding carboxylic acids is 1. The summed E-state index contributed by atoms with van der Waals surface area (Å²) in [6, 6.07) is 3.76. The van der Waals surface area contributed by atoms with Crippen LogP contribution in [0.4, 0.5) is 0 Å². The Balaban J connectivity index is 2.42. The normalized spacial score (nSPS) is 16.8. The monoisotopic (exact) mass is 323 g/mol. The van der Waals surface area contributed by atoms with Crippen LogP contribution in [0.3, 0.4) is 0 Å². The number of aryl methyl sites for hydroxylation is 1. The predicted molar refractivity (Wildman–Crippen MR) is 89.8 cm³/mol. The number of methoxy groups -OCH3 is 2. The van der Waals surface area contributed by atoms with Crippen molar-refractivity contribution < 1.29 is 14.3 Å². The van der Waals surface area contributed by atoms with Gasteiger partial charge in [0.2, 0.25) is 0 Å². The molecule has 0 bridgehead atoms. The molecule has 0 radical (unpaired) electrons. The first-order valence-electron chi connectivity index (χ1n) is 6.49. The molecular formula is C15H17NO3S2.